The van der Waals surface area contributed by atoms with Crippen molar-refractivity contribution in [3.63, 3.8) is 0 Å². The summed E-state index contributed by atoms with van der Waals surface area (Å²) < 4.78 is 6.45. The van der Waals surface area contributed by atoms with E-state index in [1.165, 1.54) is 5.56 Å². The van der Waals surface area contributed by atoms with Crippen LogP contribution in [0.2, 0.25) is 5.02 Å². The largest absolute Gasteiger partial charge is 0.333 e. The van der Waals surface area contributed by atoms with E-state index in [-0.39, 0.29) is 0 Å². The second-order valence-electron chi connectivity index (χ2n) is 5.52. The van der Waals surface area contributed by atoms with Gasteiger partial charge in [-0.15, -0.1) is 0 Å². The zero-order valence-corrected chi connectivity index (χ0v) is 15.6. The third kappa shape index (κ3) is 4.23. The number of halogens is 2. The summed E-state index contributed by atoms with van der Waals surface area (Å²) in [5, 5.41) is 6.96. The first-order valence-electron chi connectivity index (χ1n) is 7.83. The Bertz CT molecular complexity index is 787. The van der Waals surface area contributed by atoms with Gasteiger partial charge in [0.25, 0.3) is 5.89 Å². The van der Waals surface area contributed by atoms with Crippen LogP contribution in [0.3, 0.4) is 0 Å². The predicted molar refractivity (Wildman–Crippen MR) is 97.5 cm³/mol. The molecule has 0 unspecified atom stereocenters. The van der Waals surface area contributed by atoms with Gasteiger partial charge in [-0.3, -0.25) is 0 Å². The van der Waals surface area contributed by atoms with Crippen LogP contribution >= 0.6 is 27.5 Å². The number of nitrogens with two attached hydrogens (primary N) is 1. The van der Waals surface area contributed by atoms with Crippen molar-refractivity contribution in [3.05, 3.63) is 69.5 Å². The summed E-state index contributed by atoms with van der Waals surface area (Å²) in [6.45, 7) is 2.82. The van der Waals surface area contributed by atoms with E-state index in [1.807, 2.05) is 24.3 Å². The first-order valence-corrected chi connectivity index (χ1v) is 9.00. The van der Waals surface area contributed by atoms with Gasteiger partial charge in [0.2, 0.25) is 5.82 Å². The molecule has 0 radical (unpaired) electrons. The molecule has 24 heavy (non-hydrogen) atoms. The quantitative estimate of drug-likeness (QED) is 0.660. The summed E-state index contributed by atoms with van der Waals surface area (Å²) in [4.78, 5) is 4.46. The summed E-state index contributed by atoms with van der Waals surface area (Å²) in [5.41, 5.74) is 2.19. The van der Waals surface area contributed by atoms with E-state index in [4.69, 9.17) is 16.1 Å². The van der Waals surface area contributed by atoms with E-state index in [0.29, 0.717) is 29.3 Å². The number of rotatable bonds is 6. The Labute approximate surface area is 154 Å². The van der Waals surface area contributed by atoms with Gasteiger partial charge in [-0.25, -0.2) is 0 Å². The van der Waals surface area contributed by atoms with E-state index >= 15 is 0 Å². The molecule has 0 saturated heterocycles. The standard InChI is InChI=1S/C18H17BrClN3O/c1-2-16(12-3-7-14(19)8-4-12)21-11-17-22-18(23-24-17)13-5-9-15(20)10-6-13/h3-10,16,21H,2,11H2,1H3/p+1/t16-/m1/s1. The molecule has 1 heterocycles. The highest BCUT2D eigenvalue weighted by Crippen LogP contribution is 2.19. The van der Waals surface area contributed by atoms with Crippen molar-refractivity contribution in [3.8, 4) is 11.4 Å². The Morgan fingerprint density at radius 1 is 1.12 bits per heavy atom. The van der Waals surface area contributed by atoms with Gasteiger partial charge in [0.05, 0.1) is 0 Å². The second kappa shape index (κ2) is 7.92. The van der Waals surface area contributed by atoms with Crippen LogP contribution in [-0.2, 0) is 6.54 Å². The van der Waals surface area contributed by atoms with Gasteiger partial charge in [0.1, 0.15) is 6.04 Å². The van der Waals surface area contributed by atoms with Crippen molar-refractivity contribution in [2.24, 2.45) is 0 Å². The lowest BCUT2D eigenvalue weighted by molar-refractivity contribution is -0.713. The van der Waals surface area contributed by atoms with E-state index in [0.717, 1.165) is 16.5 Å². The molecule has 3 aromatic rings. The average molecular weight is 408 g/mol. The fourth-order valence-electron chi connectivity index (χ4n) is 2.55. The monoisotopic (exact) mass is 406 g/mol. The summed E-state index contributed by atoms with van der Waals surface area (Å²) in [5.74, 6) is 1.21. The van der Waals surface area contributed by atoms with Crippen molar-refractivity contribution < 1.29 is 9.84 Å². The molecule has 6 heteroatoms. The van der Waals surface area contributed by atoms with E-state index < -0.39 is 0 Å². The summed E-state index contributed by atoms with van der Waals surface area (Å²) in [6, 6.07) is 16.2. The molecule has 0 amide bonds. The number of hydrogen-bond acceptors (Lipinski definition) is 3. The van der Waals surface area contributed by atoms with Crippen LogP contribution < -0.4 is 5.32 Å². The van der Waals surface area contributed by atoms with Gasteiger partial charge in [-0.1, -0.05) is 51.7 Å². The smallest absolute Gasteiger partial charge is 0.282 e. The summed E-state index contributed by atoms with van der Waals surface area (Å²) >= 11 is 9.37. The minimum absolute atomic E-state index is 0.365. The molecule has 0 aliphatic rings. The normalized spacial score (nSPS) is 12.3. The van der Waals surface area contributed by atoms with Crippen LogP contribution in [-0.4, -0.2) is 10.1 Å². The summed E-state index contributed by atoms with van der Waals surface area (Å²) in [6.07, 6.45) is 1.03. The molecular formula is C18H18BrClN3O+. The molecule has 124 valence electrons. The van der Waals surface area contributed by atoms with Gasteiger partial charge in [0, 0.05) is 27.0 Å². The van der Waals surface area contributed by atoms with Crippen LogP contribution in [0.4, 0.5) is 0 Å². The van der Waals surface area contributed by atoms with Gasteiger partial charge in [-0.2, -0.15) is 4.98 Å². The van der Waals surface area contributed by atoms with Gasteiger partial charge < -0.3 is 9.84 Å². The second-order valence-corrected chi connectivity index (χ2v) is 6.88. The highest BCUT2D eigenvalue weighted by Gasteiger charge is 2.15. The van der Waals surface area contributed by atoms with Crippen LogP contribution in [0, 0.1) is 0 Å². The molecule has 0 aliphatic carbocycles. The van der Waals surface area contributed by atoms with Crippen LogP contribution in [0.25, 0.3) is 11.4 Å². The van der Waals surface area contributed by atoms with Crippen molar-refractivity contribution >= 4 is 27.5 Å². The lowest BCUT2D eigenvalue weighted by Crippen LogP contribution is -2.83. The fraction of sp³-hybridized carbons (Fsp3) is 0.222. The average Bonchev–Trinajstić information content (AvgIpc) is 3.06. The Kier molecular flexibility index (Phi) is 5.66. The zero-order valence-electron chi connectivity index (χ0n) is 13.2. The Hall–Kier alpha value is -1.69. The molecule has 4 nitrogen and oxygen atoms in total. The fourth-order valence-corrected chi connectivity index (χ4v) is 2.94. The molecule has 0 spiro atoms. The molecule has 1 aromatic heterocycles. The number of aromatic nitrogens is 2. The van der Waals surface area contributed by atoms with Crippen molar-refractivity contribution in [2.45, 2.75) is 25.9 Å². The minimum Gasteiger partial charge on any atom is -0.333 e. The molecule has 0 aliphatic heterocycles. The zero-order chi connectivity index (χ0) is 16.9. The maximum absolute atomic E-state index is 5.90. The van der Waals surface area contributed by atoms with Crippen LogP contribution in [0.1, 0.15) is 30.8 Å². The number of hydrogen-bond donors (Lipinski definition) is 1. The summed E-state index contributed by atoms with van der Waals surface area (Å²) in [7, 11) is 0. The molecular weight excluding hydrogens is 390 g/mol. The first kappa shape index (κ1) is 17.1. The van der Waals surface area contributed by atoms with Crippen LogP contribution in [0.5, 0.6) is 0 Å². The molecule has 2 aromatic carbocycles. The van der Waals surface area contributed by atoms with E-state index in [9.17, 15) is 0 Å². The van der Waals surface area contributed by atoms with Crippen molar-refractivity contribution in [2.75, 3.05) is 0 Å². The maximum atomic E-state index is 5.90. The minimum atomic E-state index is 0.365. The Morgan fingerprint density at radius 2 is 1.83 bits per heavy atom. The van der Waals surface area contributed by atoms with Gasteiger partial charge in [0.15, 0.2) is 6.54 Å². The number of benzene rings is 2. The topological polar surface area (TPSA) is 55.5 Å². The van der Waals surface area contributed by atoms with Gasteiger partial charge >= 0.3 is 0 Å². The Morgan fingerprint density at radius 3 is 2.50 bits per heavy atom. The van der Waals surface area contributed by atoms with Crippen molar-refractivity contribution in [1.82, 2.24) is 10.1 Å². The number of nitrogens with zero attached hydrogens (tertiary/aromatic N) is 2. The lowest BCUT2D eigenvalue weighted by atomic mass is 10.0. The highest BCUT2D eigenvalue weighted by molar-refractivity contribution is 9.10. The SMILES string of the molecule is CC[C@@H]([NH2+]Cc1nc(-c2ccc(Cl)cc2)no1)c1ccc(Br)cc1. The van der Waals surface area contributed by atoms with Crippen LogP contribution in [0.15, 0.2) is 57.5 Å². The molecule has 0 bridgehead atoms. The third-order valence-electron chi connectivity index (χ3n) is 3.89. The molecule has 0 fully saturated rings. The lowest BCUT2D eigenvalue weighted by Gasteiger charge is -2.12. The maximum Gasteiger partial charge on any atom is 0.282 e. The van der Waals surface area contributed by atoms with Gasteiger partial charge in [-0.05, 0) is 36.4 Å². The van der Waals surface area contributed by atoms with E-state index in [1.54, 1.807) is 0 Å². The molecule has 3 rings (SSSR count). The highest BCUT2D eigenvalue weighted by atomic mass is 79.9. The molecule has 0 saturated carbocycles. The Balaban J connectivity index is 1.65. The predicted octanol–water partition coefficient (Wildman–Crippen LogP) is 4.37. The van der Waals surface area contributed by atoms with Crippen molar-refractivity contribution in [1.29, 1.82) is 0 Å². The third-order valence-corrected chi connectivity index (χ3v) is 4.67. The molecule has 2 N–H and O–H groups in total. The molecule has 1 atom stereocenters. The number of quaternary nitrogens is 1. The first-order chi connectivity index (χ1) is 11.7. The van der Waals surface area contributed by atoms with E-state index in [2.05, 4.69) is 62.6 Å².